The van der Waals surface area contributed by atoms with Crippen LogP contribution in [-0.2, 0) is 4.79 Å². The maximum absolute atomic E-state index is 10.2. The molecule has 0 N–H and O–H groups in total. The Morgan fingerprint density at radius 2 is 1.67 bits per heavy atom. The fraction of sp³-hybridized carbons (Fsp3) is 0.696. The van der Waals surface area contributed by atoms with Gasteiger partial charge in [-0.25, -0.2) is 0 Å². The number of allylic oxidation sites excluding steroid dienone is 6. The molecule has 1 heteroatoms. The average Bonchev–Trinajstić information content (AvgIpc) is 2.54. The number of unbranched alkanes of at least 4 members (excludes halogenated alkanes) is 7. The SMILES string of the molecule is CC1=C[C@H](C)/C=C\C(C[C@@H](C)CCCCCCCCCC=O)/C=C\1. The number of hydrogen-bond acceptors (Lipinski definition) is 1. The van der Waals surface area contributed by atoms with Crippen LogP contribution in [0.5, 0.6) is 0 Å². The number of carbonyl (C=O) groups excluding carboxylic acids is 1. The van der Waals surface area contributed by atoms with Gasteiger partial charge in [0.05, 0.1) is 0 Å². The van der Waals surface area contributed by atoms with Crippen LogP contribution in [0.1, 0.15) is 85.0 Å². The lowest BCUT2D eigenvalue weighted by Crippen LogP contribution is -2.04. The quantitative estimate of drug-likeness (QED) is 0.213. The van der Waals surface area contributed by atoms with Gasteiger partial charge in [-0.1, -0.05) is 94.7 Å². The molecule has 0 bridgehead atoms. The Balaban J connectivity index is 2.11. The smallest absolute Gasteiger partial charge is 0.119 e. The second-order valence-electron chi connectivity index (χ2n) is 7.74. The maximum Gasteiger partial charge on any atom is 0.119 e. The van der Waals surface area contributed by atoms with Gasteiger partial charge in [0.15, 0.2) is 0 Å². The third-order valence-electron chi connectivity index (χ3n) is 4.99. The van der Waals surface area contributed by atoms with Gasteiger partial charge in [0.1, 0.15) is 6.29 Å². The van der Waals surface area contributed by atoms with Gasteiger partial charge in [-0.3, -0.25) is 0 Å². The zero-order chi connectivity index (χ0) is 17.6. The van der Waals surface area contributed by atoms with Gasteiger partial charge in [0.2, 0.25) is 0 Å². The molecule has 3 atom stereocenters. The number of aldehydes is 1. The lowest BCUT2D eigenvalue weighted by atomic mass is 9.89. The maximum atomic E-state index is 10.2. The highest BCUT2D eigenvalue weighted by atomic mass is 16.1. The summed E-state index contributed by atoms with van der Waals surface area (Å²) in [5.74, 6) is 1.96. The Morgan fingerprint density at radius 1 is 1.00 bits per heavy atom. The van der Waals surface area contributed by atoms with Crippen molar-refractivity contribution in [3.05, 3.63) is 36.0 Å². The van der Waals surface area contributed by atoms with E-state index in [4.69, 9.17) is 0 Å². The lowest BCUT2D eigenvalue weighted by Gasteiger charge is -2.17. The fourth-order valence-corrected chi connectivity index (χ4v) is 3.53. The van der Waals surface area contributed by atoms with Crippen molar-refractivity contribution >= 4 is 6.29 Å². The minimum atomic E-state index is 0.555. The van der Waals surface area contributed by atoms with Crippen molar-refractivity contribution in [1.82, 2.24) is 0 Å². The topological polar surface area (TPSA) is 17.1 Å². The van der Waals surface area contributed by atoms with E-state index in [0.717, 1.165) is 25.0 Å². The van der Waals surface area contributed by atoms with Gasteiger partial charge in [0.25, 0.3) is 0 Å². The van der Waals surface area contributed by atoms with E-state index in [0.29, 0.717) is 11.8 Å². The van der Waals surface area contributed by atoms with E-state index in [1.165, 1.54) is 56.9 Å². The molecule has 0 amide bonds. The molecule has 0 aromatic carbocycles. The molecule has 0 spiro atoms. The van der Waals surface area contributed by atoms with Crippen LogP contribution in [0.4, 0.5) is 0 Å². The van der Waals surface area contributed by atoms with Gasteiger partial charge < -0.3 is 4.79 Å². The molecule has 0 aromatic rings. The second kappa shape index (κ2) is 13.2. The second-order valence-corrected chi connectivity index (χ2v) is 7.74. The number of hydrogen-bond donors (Lipinski definition) is 0. The minimum Gasteiger partial charge on any atom is -0.303 e. The molecule has 24 heavy (non-hydrogen) atoms. The summed E-state index contributed by atoms with van der Waals surface area (Å²) in [4.78, 5) is 10.2. The standard InChI is InChI=1S/C23H38O/c1-20(12-10-8-6-4-5-7-9-11-17-24)19-23-15-13-21(2)18-22(3)14-16-23/h13-18,20-21,23H,4-12,19H2,1-3H3/b15-13-,16-14-,22-18?/t20-,21+,23?/m0/s1. The predicted octanol–water partition coefficient (Wildman–Crippen LogP) is 7.05. The molecule has 0 aromatic heterocycles. The highest BCUT2D eigenvalue weighted by molar-refractivity contribution is 5.48. The van der Waals surface area contributed by atoms with Gasteiger partial charge in [-0.15, -0.1) is 0 Å². The molecule has 0 saturated carbocycles. The van der Waals surface area contributed by atoms with E-state index >= 15 is 0 Å². The summed E-state index contributed by atoms with van der Waals surface area (Å²) in [6.45, 7) is 6.87. The van der Waals surface area contributed by atoms with Crippen LogP contribution in [-0.4, -0.2) is 6.29 Å². The van der Waals surface area contributed by atoms with E-state index in [2.05, 4.69) is 51.2 Å². The molecule has 0 heterocycles. The fourth-order valence-electron chi connectivity index (χ4n) is 3.53. The third kappa shape index (κ3) is 10.6. The van der Waals surface area contributed by atoms with E-state index < -0.39 is 0 Å². The molecule has 0 saturated heterocycles. The summed E-state index contributed by atoms with van der Waals surface area (Å²) in [5, 5.41) is 0. The monoisotopic (exact) mass is 330 g/mol. The Hall–Kier alpha value is -1.11. The Labute approximate surface area is 150 Å². The first-order valence-corrected chi connectivity index (χ1v) is 10.1. The largest absolute Gasteiger partial charge is 0.303 e. The van der Waals surface area contributed by atoms with Crippen molar-refractivity contribution in [1.29, 1.82) is 0 Å². The van der Waals surface area contributed by atoms with E-state index in [-0.39, 0.29) is 0 Å². The van der Waals surface area contributed by atoms with Crippen molar-refractivity contribution in [2.24, 2.45) is 17.8 Å². The third-order valence-corrected chi connectivity index (χ3v) is 4.99. The van der Waals surface area contributed by atoms with Crippen molar-refractivity contribution < 1.29 is 4.79 Å². The Kier molecular flexibility index (Phi) is 11.5. The zero-order valence-corrected chi connectivity index (χ0v) is 16.2. The summed E-state index contributed by atoms with van der Waals surface area (Å²) in [7, 11) is 0. The van der Waals surface area contributed by atoms with Crippen LogP contribution in [0.3, 0.4) is 0 Å². The molecule has 0 radical (unpaired) electrons. The number of rotatable bonds is 12. The summed E-state index contributed by atoms with van der Waals surface area (Å²) in [6, 6.07) is 0. The zero-order valence-electron chi connectivity index (χ0n) is 16.2. The van der Waals surface area contributed by atoms with Gasteiger partial charge in [-0.2, -0.15) is 0 Å². The van der Waals surface area contributed by atoms with Gasteiger partial charge in [-0.05, 0) is 37.5 Å². The van der Waals surface area contributed by atoms with Crippen molar-refractivity contribution in [3.8, 4) is 0 Å². The van der Waals surface area contributed by atoms with E-state index in [9.17, 15) is 4.79 Å². The first-order valence-electron chi connectivity index (χ1n) is 10.1. The van der Waals surface area contributed by atoms with Gasteiger partial charge in [0, 0.05) is 6.42 Å². The summed E-state index contributed by atoms with van der Waals surface area (Å²) in [6.07, 6.45) is 25.2. The molecule has 1 unspecified atom stereocenters. The average molecular weight is 331 g/mol. The molecular weight excluding hydrogens is 292 g/mol. The number of carbonyl (C=O) groups is 1. The van der Waals surface area contributed by atoms with Crippen molar-refractivity contribution in [3.63, 3.8) is 0 Å². The normalized spacial score (nSPS) is 24.5. The molecule has 1 aliphatic carbocycles. The minimum absolute atomic E-state index is 0.555. The molecular formula is C23H38O. The predicted molar refractivity (Wildman–Crippen MR) is 106 cm³/mol. The Morgan fingerprint density at radius 3 is 2.38 bits per heavy atom. The van der Waals surface area contributed by atoms with Gasteiger partial charge >= 0.3 is 0 Å². The first-order chi connectivity index (χ1) is 11.6. The van der Waals surface area contributed by atoms with Crippen LogP contribution in [0.2, 0.25) is 0 Å². The molecule has 1 rings (SSSR count). The van der Waals surface area contributed by atoms with E-state index in [1.54, 1.807) is 0 Å². The highest BCUT2D eigenvalue weighted by Crippen LogP contribution is 2.23. The van der Waals surface area contributed by atoms with E-state index in [1.807, 2.05) is 0 Å². The highest BCUT2D eigenvalue weighted by Gasteiger charge is 2.10. The molecule has 1 aliphatic rings. The Bertz CT molecular complexity index is 416. The van der Waals surface area contributed by atoms with Crippen LogP contribution in [0, 0.1) is 17.8 Å². The summed E-state index contributed by atoms with van der Waals surface area (Å²) >= 11 is 0. The van der Waals surface area contributed by atoms with Crippen molar-refractivity contribution in [2.45, 2.75) is 85.0 Å². The van der Waals surface area contributed by atoms with Crippen LogP contribution in [0.25, 0.3) is 0 Å². The summed E-state index contributed by atoms with van der Waals surface area (Å²) < 4.78 is 0. The van der Waals surface area contributed by atoms with Crippen LogP contribution in [0.15, 0.2) is 36.0 Å². The molecule has 136 valence electrons. The van der Waals surface area contributed by atoms with Crippen molar-refractivity contribution in [2.75, 3.05) is 0 Å². The lowest BCUT2D eigenvalue weighted by molar-refractivity contribution is -0.107. The molecule has 1 nitrogen and oxygen atoms in total. The molecule has 0 aliphatic heterocycles. The van der Waals surface area contributed by atoms with Crippen LogP contribution < -0.4 is 0 Å². The first kappa shape index (κ1) is 20.9. The molecule has 0 fully saturated rings. The van der Waals surface area contributed by atoms with Crippen LogP contribution >= 0.6 is 0 Å². The summed E-state index contributed by atoms with van der Waals surface area (Å²) in [5.41, 5.74) is 1.39.